The summed E-state index contributed by atoms with van der Waals surface area (Å²) in [6.07, 6.45) is 6.12. The molecule has 1 saturated heterocycles. The highest BCUT2D eigenvalue weighted by Gasteiger charge is 2.28. The van der Waals surface area contributed by atoms with Crippen LogP contribution in [0.15, 0.2) is 18.5 Å². The molecule has 0 amide bonds. The van der Waals surface area contributed by atoms with Crippen molar-refractivity contribution in [2.45, 2.75) is 39.3 Å². The van der Waals surface area contributed by atoms with Gasteiger partial charge in [0.05, 0.1) is 11.7 Å². The summed E-state index contributed by atoms with van der Waals surface area (Å²) < 4.78 is 0. The molecule has 2 aromatic rings. The summed E-state index contributed by atoms with van der Waals surface area (Å²) in [7, 11) is 0. The number of H-pyrrole nitrogens is 1. The van der Waals surface area contributed by atoms with Crippen molar-refractivity contribution in [3.8, 4) is 0 Å². The fourth-order valence-electron chi connectivity index (χ4n) is 2.73. The SMILES string of the molecule is Cc1nccc(CN2CCCC2c2ncc(C)[nH]2)n1. The van der Waals surface area contributed by atoms with Crippen molar-refractivity contribution in [2.24, 2.45) is 0 Å². The van der Waals surface area contributed by atoms with E-state index in [0.717, 1.165) is 42.5 Å². The number of hydrogen-bond donors (Lipinski definition) is 1. The second kappa shape index (κ2) is 5.09. The average Bonchev–Trinajstić information content (AvgIpc) is 2.98. The number of hydrogen-bond acceptors (Lipinski definition) is 4. The van der Waals surface area contributed by atoms with Gasteiger partial charge in [-0.05, 0) is 39.3 Å². The zero-order chi connectivity index (χ0) is 13.2. The van der Waals surface area contributed by atoms with Crippen LogP contribution in [0.2, 0.25) is 0 Å². The number of nitrogens with one attached hydrogen (secondary N) is 1. The molecule has 1 aliphatic rings. The Labute approximate surface area is 113 Å². The first kappa shape index (κ1) is 12.3. The van der Waals surface area contributed by atoms with Gasteiger partial charge in [-0.1, -0.05) is 0 Å². The lowest BCUT2D eigenvalue weighted by atomic mass is 10.2. The molecule has 0 spiro atoms. The highest BCUT2D eigenvalue weighted by molar-refractivity contribution is 5.07. The van der Waals surface area contributed by atoms with Crippen LogP contribution in [0, 0.1) is 13.8 Å². The first-order valence-electron chi connectivity index (χ1n) is 6.76. The van der Waals surface area contributed by atoms with Crippen LogP contribution in [-0.4, -0.2) is 31.4 Å². The summed E-state index contributed by atoms with van der Waals surface area (Å²) in [5.41, 5.74) is 2.21. The first-order valence-corrected chi connectivity index (χ1v) is 6.76. The quantitative estimate of drug-likeness (QED) is 0.915. The number of aromatic amines is 1. The van der Waals surface area contributed by atoms with Gasteiger partial charge in [0.25, 0.3) is 0 Å². The van der Waals surface area contributed by atoms with E-state index in [-0.39, 0.29) is 0 Å². The zero-order valence-electron chi connectivity index (χ0n) is 11.4. The summed E-state index contributed by atoms with van der Waals surface area (Å²) in [5.74, 6) is 1.92. The number of rotatable bonds is 3. The molecule has 1 fully saturated rings. The molecule has 1 atom stereocenters. The lowest BCUT2D eigenvalue weighted by Gasteiger charge is -2.22. The molecular formula is C14H19N5. The lowest BCUT2D eigenvalue weighted by Crippen LogP contribution is -2.24. The van der Waals surface area contributed by atoms with Crippen molar-refractivity contribution in [1.82, 2.24) is 24.8 Å². The van der Waals surface area contributed by atoms with Gasteiger partial charge in [0, 0.05) is 24.6 Å². The van der Waals surface area contributed by atoms with E-state index in [1.54, 1.807) is 0 Å². The molecule has 5 nitrogen and oxygen atoms in total. The third-order valence-electron chi connectivity index (χ3n) is 3.60. The second-order valence-electron chi connectivity index (χ2n) is 5.18. The van der Waals surface area contributed by atoms with Gasteiger partial charge < -0.3 is 4.98 Å². The van der Waals surface area contributed by atoms with Crippen LogP contribution in [0.4, 0.5) is 0 Å². The van der Waals surface area contributed by atoms with E-state index >= 15 is 0 Å². The highest BCUT2D eigenvalue weighted by atomic mass is 15.2. The van der Waals surface area contributed by atoms with Gasteiger partial charge in [-0.3, -0.25) is 4.90 Å². The van der Waals surface area contributed by atoms with Crippen LogP contribution < -0.4 is 0 Å². The van der Waals surface area contributed by atoms with Crippen molar-refractivity contribution in [3.63, 3.8) is 0 Å². The smallest absolute Gasteiger partial charge is 0.125 e. The summed E-state index contributed by atoms with van der Waals surface area (Å²) >= 11 is 0. The molecule has 1 aliphatic heterocycles. The Morgan fingerprint density at radius 1 is 1.37 bits per heavy atom. The maximum atomic E-state index is 4.49. The van der Waals surface area contributed by atoms with Gasteiger partial charge in [0.1, 0.15) is 11.6 Å². The third-order valence-corrected chi connectivity index (χ3v) is 3.60. The average molecular weight is 257 g/mol. The van der Waals surface area contributed by atoms with Gasteiger partial charge in [-0.15, -0.1) is 0 Å². The Hall–Kier alpha value is -1.75. The predicted octanol–water partition coefficient (Wildman–Crippen LogP) is 2.15. The fourth-order valence-corrected chi connectivity index (χ4v) is 2.73. The Morgan fingerprint density at radius 3 is 3.00 bits per heavy atom. The largest absolute Gasteiger partial charge is 0.345 e. The molecule has 0 aliphatic carbocycles. The standard InChI is InChI=1S/C14H19N5/c1-10-8-16-14(17-10)13-4-3-7-19(13)9-12-5-6-15-11(2)18-12/h5-6,8,13H,3-4,7,9H2,1-2H3,(H,16,17). The molecule has 3 rings (SSSR count). The molecule has 0 radical (unpaired) electrons. The Balaban J connectivity index is 1.76. The van der Waals surface area contributed by atoms with Crippen LogP contribution in [0.3, 0.4) is 0 Å². The zero-order valence-corrected chi connectivity index (χ0v) is 11.4. The number of aromatic nitrogens is 4. The number of aryl methyl sites for hydroxylation is 2. The topological polar surface area (TPSA) is 57.7 Å². The maximum absolute atomic E-state index is 4.49. The number of nitrogens with zero attached hydrogens (tertiary/aromatic N) is 4. The Morgan fingerprint density at radius 2 is 2.26 bits per heavy atom. The minimum absolute atomic E-state index is 0.393. The van der Waals surface area contributed by atoms with E-state index in [1.807, 2.05) is 32.3 Å². The highest BCUT2D eigenvalue weighted by Crippen LogP contribution is 2.31. The molecule has 19 heavy (non-hydrogen) atoms. The van der Waals surface area contributed by atoms with Crippen LogP contribution in [0.1, 0.15) is 41.9 Å². The fraction of sp³-hybridized carbons (Fsp3) is 0.500. The second-order valence-corrected chi connectivity index (χ2v) is 5.18. The molecule has 0 aromatic carbocycles. The van der Waals surface area contributed by atoms with Gasteiger partial charge in [0.2, 0.25) is 0 Å². The van der Waals surface area contributed by atoms with E-state index in [4.69, 9.17) is 0 Å². The molecule has 2 aromatic heterocycles. The van der Waals surface area contributed by atoms with Gasteiger partial charge in [0.15, 0.2) is 0 Å². The number of imidazole rings is 1. The van der Waals surface area contributed by atoms with Crippen molar-refractivity contribution >= 4 is 0 Å². The summed E-state index contributed by atoms with van der Waals surface area (Å²) in [6.45, 7) is 5.95. The van der Waals surface area contributed by atoms with Crippen molar-refractivity contribution in [1.29, 1.82) is 0 Å². The molecule has 1 N–H and O–H groups in total. The normalized spacial score (nSPS) is 20.0. The van der Waals surface area contributed by atoms with Crippen molar-refractivity contribution < 1.29 is 0 Å². The van der Waals surface area contributed by atoms with Crippen LogP contribution >= 0.6 is 0 Å². The molecule has 1 unspecified atom stereocenters. The molecule has 100 valence electrons. The number of likely N-dealkylation sites (tertiary alicyclic amines) is 1. The van der Waals surface area contributed by atoms with Crippen molar-refractivity contribution in [2.75, 3.05) is 6.54 Å². The summed E-state index contributed by atoms with van der Waals surface area (Å²) in [6, 6.07) is 2.39. The van der Waals surface area contributed by atoms with E-state index in [2.05, 4.69) is 24.8 Å². The minimum atomic E-state index is 0.393. The maximum Gasteiger partial charge on any atom is 0.125 e. The van der Waals surface area contributed by atoms with E-state index in [1.165, 1.54) is 6.42 Å². The van der Waals surface area contributed by atoms with Gasteiger partial charge >= 0.3 is 0 Å². The van der Waals surface area contributed by atoms with Gasteiger partial charge in [-0.25, -0.2) is 15.0 Å². The van der Waals surface area contributed by atoms with E-state index in [0.29, 0.717) is 6.04 Å². The molecule has 3 heterocycles. The predicted molar refractivity (Wildman–Crippen MR) is 72.5 cm³/mol. The van der Waals surface area contributed by atoms with Crippen LogP contribution in [0.5, 0.6) is 0 Å². The van der Waals surface area contributed by atoms with Crippen LogP contribution in [0.25, 0.3) is 0 Å². The lowest BCUT2D eigenvalue weighted by molar-refractivity contribution is 0.237. The van der Waals surface area contributed by atoms with Gasteiger partial charge in [-0.2, -0.15) is 0 Å². The van der Waals surface area contributed by atoms with E-state index < -0.39 is 0 Å². The summed E-state index contributed by atoms with van der Waals surface area (Å²) in [4.78, 5) is 18.9. The molecule has 5 heteroatoms. The first-order chi connectivity index (χ1) is 9.22. The summed E-state index contributed by atoms with van der Waals surface area (Å²) in [5, 5.41) is 0. The molecule has 0 bridgehead atoms. The van der Waals surface area contributed by atoms with Crippen LogP contribution in [-0.2, 0) is 6.54 Å². The van der Waals surface area contributed by atoms with E-state index in [9.17, 15) is 0 Å². The van der Waals surface area contributed by atoms with Crippen molar-refractivity contribution in [3.05, 3.63) is 41.5 Å². The third kappa shape index (κ3) is 2.66. The monoisotopic (exact) mass is 257 g/mol. The Kier molecular flexibility index (Phi) is 3.29. The molecule has 0 saturated carbocycles. The Bertz CT molecular complexity index is 562. The minimum Gasteiger partial charge on any atom is -0.345 e. The molecular weight excluding hydrogens is 238 g/mol.